The van der Waals surface area contributed by atoms with Crippen molar-refractivity contribution in [3.05, 3.63) is 42.2 Å². The number of amides is 1. The number of nitrogens with two attached hydrogens (primary N) is 1. The van der Waals surface area contributed by atoms with Gasteiger partial charge in [0.15, 0.2) is 0 Å². The Morgan fingerprint density at radius 3 is 2.88 bits per heavy atom. The van der Waals surface area contributed by atoms with Crippen LogP contribution in [0.5, 0.6) is 5.75 Å². The van der Waals surface area contributed by atoms with Gasteiger partial charge in [-0.25, -0.2) is 0 Å². The van der Waals surface area contributed by atoms with E-state index in [0.29, 0.717) is 5.56 Å². The zero-order chi connectivity index (χ0) is 11.5. The number of hydrogen-bond acceptors (Lipinski definition) is 2. The fraction of sp³-hybridized carbons (Fsp3) is 0.0833. The van der Waals surface area contributed by atoms with E-state index < -0.39 is 5.91 Å². The minimum Gasteiger partial charge on any atom is -0.497 e. The molecule has 1 amide bonds. The second-order valence-electron chi connectivity index (χ2n) is 3.38. The third-order valence-electron chi connectivity index (χ3n) is 2.39. The number of nitrogens with one attached hydrogen (secondary N) is 1. The van der Waals surface area contributed by atoms with Gasteiger partial charge in [0.1, 0.15) is 5.75 Å². The van der Waals surface area contributed by atoms with Crippen molar-refractivity contribution in [1.29, 1.82) is 0 Å². The molecule has 0 radical (unpaired) electrons. The Kier molecular flexibility index (Phi) is 2.64. The summed E-state index contributed by atoms with van der Waals surface area (Å²) in [6.45, 7) is 0. The van der Waals surface area contributed by atoms with Crippen LogP contribution in [-0.4, -0.2) is 18.0 Å². The minimum absolute atomic E-state index is 0.445. The summed E-state index contributed by atoms with van der Waals surface area (Å²) < 4.78 is 5.13. The Bertz CT molecular complexity index is 517. The van der Waals surface area contributed by atoms with Crippen LogP contribution in [0.2, 0.25) is 0 Å². The number of aromatic nitrogens is 1. The van der Waals surface area contributed by atoms with Gasteiger partial charge in [0.2, 0.25) is 0 Å². The van der Waals surface area contributed by atoms with Gasteiger partial charge in [0, 0.05) is 18.0 Å². The lowest BCUT2D eigenvalue weighted by molar-refractivity contribution is 0.100. The molecule has 1 heterocycles. The molecule has 0 saturated carbocycles. The van der Waals surface area contributed by atoms with Crippen molar-refractivity contribution in [2.75, 3.05) is 7.11 Å². The van der Waals surface area contributed by atoms with Gasteiger partial charge < -0.3 is 15.5 Å². The quantitative estimate of drug-likeness (QED) is 0.821. The first-order valence-electron chi connectivity index (χ1n) is 4.83. The molecule has 0 aliphatic carbocycles. The lowest BCUT2D eigenvalue weighted by Gasteiger charge is -2.04. The maximum Gasteiger partial charge on any atom is 0.250 e. The van der Waals surface area contributed by atoms with E-state index in [0.717, 1.165) is 16.9 Å². The van der Waals surface area contributed by atoms with Crippen molar-refractivity contribution in [2.24, 2.45) is 5.73 Å². The number of methoxy groups -OCH3 is 1. The molecule has 2 aromatic rings. The summed E-state index contributed by atoms with van der Waals surface area (Å²) in [6, 6.07) is 7.47. The Hall–Kier alpha value is -2.23. The zero-order valence-corrected chi connectivity index (χ0v) is 8.86. The van der Waals surface area contributed by atoms with E-state index in [4.69, 9.17) is 10.5 Å². The summed E-state index contributed by atoms with van der Waals surface area (Å²) in [4.78, 5) is 14.1. The highest BCUT2D eigenvalue weighted by atomic mass is 16.5. The van der Waals surface area contributed by atoms with Crippen molar-refractivity contribution in [3.8, 4) is 16.9 Å². The number of benzene rings is 1. The summed E-state index contributed by atoms with van der Waals surface area (Å²) >= 11 is 0. The van der Waals surface area contributed by atoms with E-state index >= 15 is 0 Å². The van der Waals surface area contributed by atoms with Gasteiger partial charge in [-0.2, -0.15) is 0 Å². The Morgan fingerprint density at radius 2 is 2.19 bits per heavy atom. The molecule has 0 aliphatic heterocycles. The van der Waals surface area contributed by atoms with Crippen molar-refractivity contribution in [3.63, 3.8) is 0 Å². The molecule has 0 atom stereocenters. The molecular formula is C12H12N2O2. The molecule has 0 bridgehead atoms. The maximum atomic E-state index is 11.2. The van der Waals surface area contributed by atoms with Crippen LogP contribution in [0.1, 0.15) is 10.4 Å². The van der Waals surface area contributed by atoms with Crippen molar-refractivity contribution < 1.29 is 9.53 Å². The van der Waals surface area contributed by atoms with Crippen LogP contribution in [0, 0.1) is 0 Å². The summed E-state index contributed by atoms with van der Waals surface area (Å²) in [5.41, 5.74) is 7.44. The molecular weight excluding hydrogens is 204 g/mol. The number of carbonyl (C=O) groups excluding carboxylic acids is 1. The maximum absolute atomic E-state index is 11.2. The number of primary amides is 1. The van der Waals surface area contributed by atoms with Gasteiger partial charge in [0.05, 0.1) is 12.7 Å². The fourth-order valence-electron chi connectivity index (χ4n) is 1.60. The number of rotatable bonds is 3. The molecule has 0 unspecified atom stereocenters. The van der Waals surface area contributed by atoms with Crippen LogP contribution in [0.3, 0.4) is 0 Å². The van der Waals surface area contributed by atoms with Gasteiger partial charge >= 0.3 is 0 Å². The first-order chi connectivity index (χ1) is 7.72. The van der Waals surface area contributed by atoms with Gasteiger partial charge in [-0.3, -0.25) is 4.79 Å². The van der Waals surface area contributed by atoms with Crippen molar-refractivity contribution in [2.45, 2.75) is 0 Å². The average molecular weight is 216 g/mol. The molecule has 82 valence electrons. The van der Waals surface area contributed by atoms with Crippen LogP contribution >= 0.6 is 0 Å². The second kappa shape index (κ2) is 4.10. The zero-order valence-electron chi connectivity index (χ0n) is 8.86. The highest BCUT2D eigenvalue weighted by Crippen LogP contribution is 2.26. The van der Waals surface area contributed by atoms with E-state index in [1.165, 1.54) is 0 Å². The number of ether oxygens (including phenoxy) is 1. The average Bonchev–Trinajstić information content (AvgIpc) is 2.78. The first-order valence-corrected chi connectivity index (χ1v) is 4.83. The molecule has 16 heavy (non-hydrogen) atoms. The first kappa shape index (κ1) is 10.3. The molecule has 1 aromatic carbocycles. The third-order valence-corrected chi connectivity index (χ3v) is 2.39. The van der Waals surface area contributed by atoms with E-state index in [1.54, 1.807) is 19.5 Å². The summed E-state index contributed by atoms with van der Waals surface area (Å²) in [5, 5.41) is 0. The lowest BCUT2D eigenvalue weighted by atomic mass is 10.0. The molecule has 3 N–H and O–H groups in total. The molecule has 1 aromatic heterocycles. The van der Waals surface area contributed by atoms with E-state index in [-0.39, 0.29) is 0 Å². The number of hydrogen-bond donors (Lipinski definition) is 2. The monoisotopic (exact) mass is 216 g/mol. The van der Waals surface area contributed by atoms with Gasteiger partial charge in [-0.15, -0.1) is 0 Å². The van der Waals surface area contributed by atoms with E-state index in [9.17, 15) is 4.79 Å². The largest absolute Gasteiger partial charge is 0.497 e. The molecule has 4 heteroatoms. The van der Waals surface area contributed by atoms with E-state index in [2.05, 4.69) is 4.98 Å². The predicted molar refractivity (Wildman–Crippen MR) is 61.3 cm³/mol. The molecule has 0 saturated heterocycles. The highest BCUT2D eigenvalue weighted by molar-refractivity contribution is 5.99. The molecule has 4 nitrogen and oxygen atoms in total. The van der Waals surface area contributed by atoms with E-state index in [1.807, 2.05) is 24.3 Å². The van der Waals surface area contributed by atoms with Gasteiger partial charge in [-0.1, -0.05) is 12.1 Å². The molecule has 2 rings (SSSR count). The number of H-pyrrole nitrogens is 1. The summed E-state index contributed by atoms with van der Waals surface area (Å²) in [5.74, 6) is 0.299. The molecule has 0 spiro atoms. The molecule has 0 fully saturated rings. The fourth-order valence-corrected chi connectivity index (χ4v) is 1.60. The Labute approximate surface area is 93.0 Å². The third kappa shape index (κ3) is 1.77. The number of carbonyl (C=O) groups is 1. The predicted octanol–water partition coefficient (Wildman–Crippen LogP) is 1.79. The van der Waals surface area contributed by atoms with Gasteiger partial charge in [-0.05, 0) is 17.7 Å². The smallest absolute Gasteiger partial charge is 0.250 e. The van der Waals surface area contributed by atoms with Crippen LogP contribution in [0.15, 0.2) is 36.7 Å². The van der Waals surface area contributed by atoms with Crippen molar-refractivity contribution >= 4 is 5.91 Å². The summed E-state index contributed by atoms with van der Waals surface area (Å²) in [6.07, 6.45) is 3.34. The molecule has 0 aliphatic rings. The number of aromatic amines is 1. The highest BCUT2D eigenvalue weighted by Gasteiger charge is 2.11. The Morgan fingerprint density at radius 1 is 1.38 bits per heavy atom. The van der Waals surface area contributed by atoms with Crippen LogP contribution in [-0.2, 0) is 0 Å². The topological polar surface area (TPSA) is 68.1 Å². The second-order valence-corrected chi connectivity index (χ2v) is 3.38. The lowest BCUT2D eigenvalue weighted by Crippen LogP contribution is -2.10. The summed E-state index contributed by atoms with van der Waals surface area (Å²) in [7, 11) is 1.60. The van der Waals surface area contributed by atoms with Crippen LogP contribution in [0.4, 0.5) is 0 Å². The van der Waals surface area contributed by atoms with Gasteiger partial charge in [0.25, 0.3) is 5.91 Å². The minimum atomic E-state index is -0.445. The SMILES string of the molecule is COc1cccc(-c2c[nH]cc2C(N)=O)c1. The standard InChI is InChI=1S/C12H12N2O2/c1-16-9-4-2-3-8(5-9)10-6-14-7-11(10)12(13)15/h2-7,14H,1H3,(H2,13,15). The van der Waals surface area contributed by atoms with Crippen molar-refractivity contribution in [1.82, 2.24) is 4.98 Å². The normalized spacial score (nSPS) is 10.1. The van der Waals surface area contributed by atoms with Crippen LogP contribution in [0.25, 0.3) is 11.1 Å². The Balaban J connectivity index is 2.50. The van der Waals surface area contributed by atoms with Crippen LogP contribution < -0.4 is 10.5 Å².